The molecule has 0 N–H and O–H groups in total. The molecule has 0 saturated heterocycles. The molecular weight excluding hydrogens is 144 g/mol. The van der Waals surface area contributed by atoms with Gasteiger partial charge in [0.25, 0.3) is 0 Å². The Balaban J connectivity index is 3.44. The molecule has 0 aliphatic rings. The fraction of sp³-hybridized carbons (Fsp3) is 0.625. The van der Waals surface area contributed by atoms with Gasteiger partial charge in [-0.05, 0) is 13.3 Å². The molecule has 0 bridgehead atoms. The van der Waals surface area contributed by atoms with E-state index in [2.05, 4.69) is 11.3 Å². The summed E-state index contributed by atoms with van der Waals surface area (Å²) >= 11 is 0. The second kappa shape index (κ2) is 5.92. The summed E-state index contributed by atoms with van der Waals surface area (Å²) in [6, 6.07) is 0. The maximum Gasteiger partial charge on any atom is 0.335 e. The lowest BCUT2D eigenvalue weighted by atomic mass is 10.2. The van der Waals surface area contributed by atoms with E-state index in [0.717, 1.165) is 0 Å². The van der Waals surface area contributed by atoms with E-state index in [1.165, 1.54) is 0 Å². The van der Waals surface area contributed by atoms with Crippen LogP contribution in [-0.4, -0.2) is 19.4 Å². The van der Waals surface area contributed by atoms with Crippen molar-refractivity contribution in [3.05, 3.63) is 12.2 Å². The van der Waals surface area contributed by atoms with E-state index in [1.54, 1.807) is 0 Å². The van der Waals surface area contributed by atoms with Crippen LogP contribution in [0.1, 0.15) is 20.3 Å². The molecule has 64 valence electrons. The number of carbonyl (C=O) groups is 1. The summed E-state index contributed by atoms with van der Waals surface area (Å²) in [5.41, 5.74) is 0.477. The van der Waals surface area contributed by atoms with E-state index in [4.69, 9.17) is 4.74 Å². The van der Waals surface area contributed by atoms with Gasteiger partial charge in [0.05, 0.1) is 0 Å². The van der Waals surface area contributed by atoms with E-state index in [9.17, 15) is 4.79 Å². The lowest BCUT2D eigenvalue weighted by molar-refractivity contribution is -0.151. The fourth-order valence-electron chi connectivity index (χ4n) is 0.425. The molecule has 3 heteroatoms. The molecule has 0 saturated carbocycles. The smallest absolute Gasteiger partial charge is 0.335 e. The normalized spacial score (nSPS) is 9.27. The van der Waals surface area contributed by atoms with Crippen molar-refractivity contribution in [2.45, 2.75) is 20.3 Å². The number of ether oxygens (including phenoxy) is 2. The van der Waals surface area contributed by atoms with Crippen LogP contribution in [0.15, 0.2) is 12.2 Å². The van der Waals surface area contributed by atoms with Crippen LogP contribution >= 0.6 is 0 Å². The standard InChI is InChI=1S/C8H14O3/c1-4-7(3)8(9)11-6-10-5-2/h3-6H2,1-2H3. The Morgan fingerprint density at radius 2 is 2.09 bits per heavy atom. The van der Waals surface area contributed by atoms with Crippen LogP contribution in [0.4, 0.5) is 0 Å². The van der Waals surface area contributed by atoms with Crippen molar-refractivity contribution in [1.82, 2.24) is 0 Å². The number of hydrogen-bond acceptors (Lipinski definition) is 3. The average Bonchev–Trinajstić information content (AvgIpc) is 2.03. The molecule has 0 aliphatic heterocycles. The third-order valence-electron chi connectivity index (χ3n) is 1.19. The predicted molar refractivity (Wildman–Crippen MR) is 42.0 cm³/mol. The second-order valence-electron chi connectivity index (χ2n) is 2.00. The Hall–Kier alpha value is -0.830. The van der Waals surface area contributed by atoms with Gasteiger partial charge in [-0.25, -0.2) is 4.79 Å². The molecule has 0 fully saturated rings. The van der Waals surface area contributed by atoms with Gasteiger partial charge in [-0.15, -0.1) is 0 Å². The van der Waals surface area contributed by atoms with E-state index in [1.807, 2.05) is 13.8 Å². The Morgan fingerprint density at radius 3 is 2.55 bits per heavy atom. The monoisotopic (exact) mass is 158 g/mol. The first-order valence-corrected chi connectivity index (χ1v) is 3.65. The van der Waals surface area contributed by atoms with Crippen LogP contribution in [0.3, 0.4) is 0 Å². The minimum atomic E-state index is -0.374. The van der Waals surface area contributed by atoms with Gasteiger partial charge in [0.15, 0.2) is 6.79 Å². The van der Waals surface area contributed by atoms with Gasteiger partial charge in [-0.3, -0.25) is 0 Å². The zero-order chi connectivity index (χ0) is 8.69. The SMILES string of the molecule is C=C(CC)C(=O)OCOCC. The van der Waals surface area contributed by atoms with Gasteiger partial charge in [0, 0.05) is 12.2 Å². The van der Waals surface area contributed by atoms with E-state index in [-0.39, 0.29) is 12.8 Å². The van der Waals surface area contributed by atoms with Crippen molar-refractivity contribution in [3.63, 3.8) is 0 Å². The minimum Gasteiger partial charge on any atom is -0.435 e. The number of rotatable bonds is 5. The fourth-order valence-corrected chi connectivity index (χ4v) is 0.425. The third kappa shape index (κ3) is 4.56. The molecule has 0 amide bonds. The molecule has 11 heavy (non-hydrogen) atoms. The highest BCUT2D eigenvalue weighted by Crippen LogP contribution is 1.98. The van der Waals surface area contributed by atoms with Crippen LogP contribution in [0.25, 0.3) is 0 Å². The highest BCUT2D eigenvalue weighted by molar-refractivity contribution is 5.87. The summed E-state index contributed by atoms with van der Waals surface area (Å²) in [5, 5.41) is 0. The molecule has 0 aromatic rings. The quantitative estimate of drug-likeness (QED) is 0.263. The maximum absolute atomic E-state index is 10.8. The van der Waals surface area contributed by atoms with E-state index in [0.29, 0.717) is 18.6 Å². The first-order valence-electron chi connectivity index (χ1n) is 3.65. The van der Waals surface area contributed by atoms with Gasteiger partial charge in [0.1, 0.15) is 0 Å². The summed E-state index contributed by atoms with van der Waals surface area (Å²) in [7, 11) is 0. The molecule has 0 aromatic heterocycles. The largest absolute Gasteiger partial charge is 0.435 e. The molecule has 0 heterocycles. The molecule has 0 aliphatic carbocycles. The Kier molecular flexibility index (Phi) is 5.47. The highest BCUT2D eigenvalue weighted by atomic mass is 16.7. The molecule has 0 unspecified atom stereocenters. The molecule has 0 aromatic carbocycles. The maximum atomic E-state index is 10.8. The second-order valence-corrected chi connectivity index (χ2v) is 2.00. The van der Waals surface area contributed by atoms with Gasteiger partial charge >= 0.3 is 5.97 Å². The zero-order valence-corrected chi connectivity index (χ0v) is 7.05. The van der Waals surface area contributed by atoms with Crippen molar-refractivity contribution < 1.29 is 14.3 Å². The minimum absolute atomic E-state index is 0.0222. The summed E-state index contributed by atoms with van der Waals surface area (Å²) in [4.78, 5) is 10.8. The van der Waals surface area contributed by atoms with Gasteiger partial charge < -0.3 is 9.47 Å². The van der Waals surface area contributed by atoms with Gasteiger partial charge in [-0.2, -0.15) is 0 Å². The van der Waals surface area contributed by atoms with Gasteiger partial charge in [0.2, 0.25) is 0 Å². The first-order chi connectivity index (χ1) is 5.22. The van der Waals surface area contributed by atoms with Crippen molar-refractivity contribution in [3.8, 4) is 0 Å². The van der Waals surface area contributed by atoms with Gasteiger partial charge in [-0.1, -0.05) is 13.5 Å². The summed E-state index contributed by atoms with van der Waals surface area (Å²) in [5.74, 6) is -0.374. The Morgan fingerprint density at radius 1 is 1.45 bits per heavy atom. The van der Waals surface area contributed by atoms with E-state index < -0.39 is 0 Å². The Labute approximate surface area is 67.0 Å². The molecule has 3 nitrogen and oxygen atoms in total. The van der Waals surface area contributed by atoms with Crippen molar-refractivity contribution in [1.29, 1.82) is 0 Å². The highest BCUT2D eigenvalue weighted by Gasteiger charge is 2.04. The van der Waals surface area contributed by atoms with Crippen LogP contribution in [0.2, 0.25) is 0 Å². The number of carbonyl (C=O) groups excluding carboxylic acids is 1. The van der Waals surface area contributed by atoms with Crippen molar-refractivity contribution in [2.75, 3.05) is 13.4 Å². The molecule has 0 atom stereocenters. The lowest BCUT2D eigenvalue weighted by Gasteiger charge is -2.03. The summed E-state index contributed by atoms with van der Waals surface area (Å²) in [6.07, 6.45) is 0.616. The topological polar surface area (TPSA) is 35.5 Å². The molecular formula is C8H14O3. The van der Waals surface area contributed by atoms with Crippen LogP contribution in [-0.2, 0) is 14.3 Å². The Bertz CT molecular complexity index is 140. The van der Waals surface area contributed by atoms with E-state index >= 15 is 0 Å². The predicted octanol–water partition coefficient (Wildman–Crippen LogP) is 1.49. The van der Waals surface area contributed by atoms with Crippen LogP contribution < -0.4 is 0 Å². The summed E-state index contributed by atoms with van der Waals surface area (Å²) < 4.78 is 9.49. The third-order valence-corrected chi connectivity index (χ3v) is 1.19. The van der Waals surface area contributed by atoms with Crippen LogP contribution in [0, 0.1) is 0 Å². The number of esters is 1. The summed E-state index contributed by atoms with van der Waals surface area (Å²) in [6.45, 7) is 7.78. The van der Waals surface area contributed by atoms with Crippen molar-refractivity contribution >= 4 is 5.97 Å². The average molecular weight is 158 g/mol. The van der Waals surface area contributed by atoms with Crippen molar-refractivity contribution in [2.24, 2.45) is 0 Å². The number of hydrogen-bond donors (Lipinski definition) is 0. The zero-order valence-electron chi connectivity index (χ0n) is 7.05. The molecule has 0 spiro atoms. The van der Waals surface area contributed by atoms with Crippen LogP contribution in [0.5, 0.6) is 0 Å². The molecule has 0 radical (unpaired) electrons. The lowest BCUT2D eigenvalue weighted by Crippen LogP contribution is -2.09. The molecule has 0 rings (SSSR count). The first kappa shape index (κ1) is 10.2.